The molecule has 0 amide bonds. The van der Waals surface area contributed by atoms with Gasteiger partial charge in [-0.3, -0.25) is 0 Å². The first-order chi connectivity index (χ1) is 7.36. The molecule has 0 fully saturated rings. The average molecular weight is 214 g/mol. The van der Waals surface area contributed by atoms with Gasteiger partial charge in [-0.05, 0) is 6.42 Å². The maximum atomic E-state index is 12.0. The molecule has 1 N–H and O–H groups in total. The van der Waals surface area contributed by atoms with Crippen LogP contribution in [0.25, 0.3) is 0 Å². The Morgan fingerprint density at radius 1 is 1.27 bits per heavy atom. The number of hydrogen-bond acceptors (Lipinski definition) is 2. The van der Waals surface area contributed by atoms with Gasteiger partial charge in [-0.15, -0.1) is 0 Å². The van der Waals surface area contributed by atoms with Gasteiger partial charge in [0.05, 0.1) is 0 Å². The van der Waals surface area contributed by atoms with Gasteiger partial charge in [0.15, 0.2) is 5.84 Å². The van der Waals surface area contributed by atoms with Crippen molar-refractivity contribution >= 4 is 12.2 Å². The fourth-order valence-electron chi connectivity index (χ4n) is 1.60. The van der Waals surface area contributed by atoms with E-state index in [-0.39, 0.29) is 6.67 Å². The van der Waals surface area contributed by atoms with E-state index in [0.717, 1.165) is 23.7 Å². The highest BCUT2D eigenvalue weighted by atomic mass is 19.1. The van der Waals surface area contributed by atoms with Crippen molar-refractivity contribution in [3.63, 3.8) is 0 Å². The molecule has 1 heterocycles. The van der Waals surface area contributed by atoms with Crippen LogP contribution in [0.15, 0.2) is 10.1 Å². The van der Waals surface area contributed by atoms with E-state index in [1.54, 1.807) is 6.34 Å². The molecule has 4 heteroatoms. The molecule has 86 valence electrons. The van der Waals surface area contributed by atoms with Gasteiger partial charge in [0, 0.05) is 6.42 Å². The van der Waals surface area contributed by atoms with Crippen molar-refractivity contribution in [2.24, 2.45) is 10.1 Å². The molecule has 1 unspecified atom stereocenters. The van der Waals surface area contributed by atoms with Gasteiger partial charge in [0.25, 0.3) is 0 Å². The molecular weight excluding hydrogens is 193 g/mol. The van der Waals surface area contributed by atoms with Crippen LogP contribution in [0, 0.1) is 0 Å². The fourth-order valence-corrected chi connectivity index (χ4v) is 1.60. The van der Waals surface area contributed by atoms with Crippen LogP contribution in [0.4, 0.5) is 4.39 Å². The zero-order chi connectivity index (χ0) is 10.9. The largest absolute Gasteiger partial charge is 0.245 e. The molecule has 15 heavy (non-hydrogen) atoms. The number of alkyl halides is 1. The summed E-state index contributed by atoms with van der Waals surface area (Å²) in [7, 11) is 0. The fraction of sp³-hybridized carbons (Fsp3) is 0.818. The Hall–Kier alpha value is -0.770. The van der Waals surface area contributed by atoms with Gasteiger partial charge in [0.1, 0.15) is 13.2 Å². The number of hydrogen-bond donors (Lipinski definition) is 1. The van der Waals surface area contributed by atoms with Crippen LogP contribution < -0.4 is 5.01 Å². The summed E-state index contributed by atoms with van der Waals surface area (Å²) in [5.41, 5.74) is 0. The highest BCUT2D eigenvalue weighted by Gasteiger charge is 2.13. The topological polar surface area (TPSA) is 29.2 Å². The Bertz CT molecular complexity index is 226. The van der Waals surface area contributed by atoms with E-state index < -0.39 is 0 Å². The molecule has 0 aliphatic carbocycles. The van der Waals surface area contributed by atoms with Gasteiger partial charge < -0.3 is 0 Å². The number of halogens is 1. The Morgan fingerprint density at radius 3 is 2.80 bits per heavy atom. The summed E-state index contributed by atoms with van der Waals surface area (Å²) >= 11 is 0. The number of quaternary nitrogens is 1. The summed E-state index contributed by atoms with van der Waals surface area (Å²) in [5, 5.41) is 5.06. The molecular formula is C11H21FN3+. The molecule has 1 aliphatic heterocycles. The number of amidine groups is 1. The molecule has 0 bridgehead atoms. The summed E-state index contributed by atoms with van der Waals surface area (Å²) in [4.78, 5) is 4.17. The van der Waals surface area contributed by atoms with Crippen LogP contribution in [-0.4, -0.2) is 25.4 Å². The SMILES string of the molecule is CCCCCCCC1=N[NH+](CCF)C=N1. The summed E-state index contributed by atoms with van der Waals surface area (Å²) in [6, 6.07) is 0. The van der Waals surface area contributed by atoms with Crippen molar-refractivity contribution in [3.8, 4) is 0 Å². The van der Waals surface area contributed by atoms with Gasteiger partial charge >= 0.3 is 0 Å². The molecule has 1 atom stereocenters. The van der Waals surface area contributed by atoms with Crippen LogP contribution in [0.2, 0.25) is 0 Å². The number of nitrogens with one attached hydrogen (secondary N) is 1. The standard InChI is InChI=1S/C11H20FN3/c1-2-3-4-5-6-7-11-13-10-15(14-11)9-8-12/h10H,2-9H2,1H3/p+1. The van der Waals surface area contributed by atoms with Crippen molar-refractivity contribution in [1.82, 2.24) is 0 Å². The molecule has 0 aromatic heterocycles. The van der Waals surface area contributed by atoms with E-state index in [4.69, 9.17) is 0 Å². The smallest absolute Gasteiger partial charge is 0.217 e. The molecule has 0 saturated heterocycles. The second-order valence-electron chi connectivity index (χ2n) is 3.88. The maximum absolute atomic E-state index is 12.0. The molecule has 0 spiro atoms. The minimum absolute atomic E-state index is 0.339. The lowest BCUT2D eigenvalue weighted by Gasteiger charge is -1.98. The molecule has 1 aliphatic rings. The molecule has 0 aromatic rings. The third-order valence-corrected chi connectivity index (χ3v) is 2.49. The number of aliphatic imine (C=N–C) groups is 1. The Labute approximate surface area is 91.1 Å². The lowest BCUT2D eigenvalue weighted by atomic mass is 10.1. The van der Waals surface area contributed by atoms with E-state index in [9.17, 15) is 4.39 Å². The third kappa shape index (κ3) is 5.02. The second-order valence-corrected chi connectivity index (χ2v) is 3.88. The van der Waals surface area contributed by atoms with Crippen LogP contribution in [0.5, 0.6) is 0 Å². The first-order valence-electron chi connectivity index (χ1n) is 5.90. The van der Waals surface area contributed by atoms with E-state index in [1.165, 1.54) is 25.7 Å². The highest BCUT2D eigenvalue weighted by molar-refractivity contribution is 5.89. The summed E-state index contributed by atoms with van der Waals surface area (Å²) in [5.74, 6) is 0.884. The molecule has 3 nitrogen and oxygen atoms in total. The lowest BCUT2D eigenvalue weighted by Crippen LogP contribution is -3.05. The van der Waals surface area contributed by atoms with E-state index in [0.29, 0.717) is 6.54 Å². The second kappa shape index (κ2) is 7.51. The minimum atomic E-state index is -0.339. The zero-order valence-electron chi connectivity index (χ0n) is 9.51. The monoisotopic (exact) mass is 214 g/mol. The van der Waals surface area contributed by atoms with Crippen LogP contribution in [0.1, 0.15) is 45.4 Å². The van der Waals surface area contributed by atoms with Crippen LogP contribution >= 0.6 is 0 Å². The molecule has 0 radical (unpaired) electrons. The van der Waals surface area contributed by atoms with Gasteiger partial charge in [-0.1, -0.05) is 37.7 Å². The Morgan fingerprint density at radius 2 is 2.07 bits per heavy atom. The van der Waals surface area contributed by atoms with Crippen molar-refractivity contribution in [2.45, 2.75) is 45.4 Å². The normalized spacial score (nSPS) is 19.6. The first-order valence-corrected chi connectivity index (χ1v) is 5.90. The third-order valence-electron chi connectivity index (χ3n) is 2.49. The van der Waals surface area contributed by atoms with Crippen molar-refractivity contribution < 1.29 is 9.40 Å². The number of unbranched alkanes of at least 4 members (excludes halogenated alkanes) is 4. The zero-order valence-corrected chi connectivity index (χ0v) is 9.51. The molecule has 0 saturated carbocycles. The summed E-state index contributed by atoms with van der Waals surface area (Å²) in [6.45, 7) is 2.28. The number of rotatable bonds is 8. The van der Waals surface area contributed by atoms with Crippen molar-refractivity contribution in [3.05, 3.63) is 0 Å². The maximum Gasteiger partial charge on any atom is 0.217 e. The predicted molar refractivity (Wildman–Crippen MR) is 61.1 cm³/mol. The summed E-state index contributed by atoms with van der Waals surface area (Å²) < 4.78 is 12.0. The lowest BCUT2D eigenvalue weighted by molar-refractivity contribution is -0.802. The molecule has 0 aromatic carbocycles. The molecule has 1 rings (SSSR count). The van der Waals surface area contributed by atoms with E-state index >= 15 is 0 Å². The average Bonchev–Trinajstić information content (AvgIpc) is 2.66. The van der Waals surface area contributed by atoms with Crippen molar-refractivity contribution in [2.75, 3.05) is 13.2 Å². The first kappa shape index (κ1) is 12.3. The number of nitrogens with zero attached hydrogens (tertiary/aromatic N) is 2. The Balaban J connectivity index is 2.07. The van der Waals surface area contributed by atoms with Crippen LogP contribution in [0.3, 0.4) is 0 Å². The van der Waals surface area contributed by atoms with E-state index in [1.807, 2.05) is 0 Å². The van der Waals surface area contributed by atoms with E-state index in [2.05, 4.69) is 17.0 Å². The van der Waals surface area contributed by atoms with Crippen molar-refractivity contribution in [1.29, 1.82) is 0 Å². The Kier molecular flexibility index (Phi) is 6.16. The van der Waals surface area contributed by atoms with Gasteiger partial charge in [0.2, 0.25) is 6.34 Å². The predicted octanol–water partition coefficient (Wildman–Crippen LogP) is 1.56. The highest BCUT2D eigenvalue weighted by Crippen LogP contribution is 2.06. The summed E-state index contributed by atoms with van der Waals surface area (Å²) in [6.07, 6.45) is 8.92. The van der Waals surface area contributed by atoms with Crippen LogP contribution in [-0.2, 0) is 0 Å². The van der Waals surface area contributed by atoms with Gasteiger partial charge in [-0.2, -0.15) is 10.0 Å². The quantitative estimate of drug-likeness (QED) is 0.594. The minimum Gasteiger partial charge on any atom is -0.245 e. The van der Waals surface area contributed by atoms with Gasteiger partial charge in [-0.25, -0.2) is 4.39 Å².